The van der Waals surface area contributed by atoms with Crippen LogP contribution in [0.5, 0.6) is 0 Å². The first kappa shape index (κ1) is 21.9. The van der Waals surface area contributed by atoms with E-state index in [-0.39, 0.29) is 17.5 Å². The van der Waals surface area contributed by atoms with Gasteiger partial charge in [-0.15, -0.1) is 0 Å². The highest BCUT2D eigenvalue weighted by Crippen LogP contribution is 2.31. The predicted molar refractivity (Wildman–Crippen MR) is 126 cm³/mol. The van der Waals surface area contributed by atoms with Gasteiger partial charge in [0.15, 0.2) is 9.84 Å². The number of carbonyl (C=O) groups is 1. The van der Waals surface area contributed by atoms with Crippen molar-refractivity contribution in [3.05, 3.63) is 41.6 Å². The maximum atomic E-state index is 12.6. The zero-order valence-electron chi connectivity index (χ0n) is 18.4. The molecule has 0 saturated carbocycles. The summed E-state index contributed by atoms with van der Waals surface area (Å²) in [5.41, 5.74) is 2.32. The minimum absolute atomic E-state index is 0.0112. The highest BCUT2D eigenvalue weighted by Gasteiger charge is 2.31. The number of nitrogens with one attached hydrogen (secondary N) is 1. The van der Waals surface area contributed by atoms with E-state index in [4.69, 9.17) is 14.7 Å². The zero-order chi connectivity index (χ0) is 22.8. The Kier molecular flexibility index (Phi) is 6.07. The number of aryl methyl sites for hydroxylation is 1. The van der Waals surface area contributed by atoms with Crippen molar-refractivity contribution in [1.29, 1.82) is 0 Å². The Labute approximate surface area is 193 Å². The highest BCUT2D eigenvalue weighted by atomic mass is 32.2. The number of ether oxygens (including phenoxy) is 1. The fourth-order valence-corrected chi connectivity index (χ4v) is 5.80. The molecule has 2 fully saturated rings. The quantitative estimate of drug-likeness (QED) is 0.709. The number of aromatic nitrogens is 2. The van der Waals surface area contributed by atoms with E-state index in [9.17, 15) is 13.2 Å². The second-order valence-corrected chi connectivity index (χ2v) is 10.7. The van der Waals surface area contributed by atoms with Gasteiger partial charge in [0, 0.05) is 56.9 Å². The normalized spacial score (nSPS) is 20.3. The molecule has 2 saturated heterocycles. The van der Waals surface area contributed by atoms with Crippen LogP contribution in [0.2, 0.25) is 0 Å². The van der Waals surface area contributed by atoms with E-state index in [1.807, 2.05) is 30.3 Å². The highest BCUT2D eigenvalue weighted by molar-refractivity contribution is 7.90. The van der Waals surface area contributed by atoms with Crippen LogP contribution in [0.15, 0.2) is 30.3 Å². The van der Waals surface area contributed by atoms with Crippen LogP contribution in [-0.4, -0.2) is 87.6 Å². The number of para-hydroxylation sites is 1. The lowest BCUT2D eigenvalue weighted by Gasteiger charge is -2.36. The Balaban J connectivity index is 1.33. The third-order valence-corrected chi connectivity index (χ3v) is 7.81. The largest absolute Gasteiger partial charge is 0.378 e. The second kappa shape index (κ2) is 9.14. The molecule has 1 N–H and O–H groups in total. The number of carbonyl (C=O) groups excluding carboxylic acids is 1. The number of urea groups is 1. The molecule has 0 unspecified atom stereocenters. The Hall–Kier alpha value is -2.92. The summed E-state index contributed by atoms with van der Waals surface area (Å²) < 4.78 is 30.1. The average molecular weight is 473 g/mol. The van der Waals surface area contributed by atoms with Crippen molar-refractivity contribution in [2.45, 2.75) is 12.2 Å². The summed E-state index contributed by atoms with van der Waals surface area (Å²) in [6.07, 6.45) is 0.407. The number of sulfone groups is 1. The van der Waals surface area contributed by atoms with Crippen LogP contribution in [0.1, 0.15) is 11.3 Å². The topological polar surface area (TPSA) is 108 Å². The molecule has 0 aliphatic carbocycles. The number of rotatable bonds is 3. The summed E-state index contributed by atoms with van der Waals surface area (Å²) in [5.74, 6) is 1.43. The Bertz CT molecular complexity index is 1110. The molecule has 2 amide bonds. The molecule has 0 atom stereocenters. The lowest BCUT2D eigenvalue weighted by atomic mass is 10.1. The molecule has 2 aromatic rings. The van der Waals surface area contributed by atoms with Crippen LogP contribution in [0.4, 0.5) is 22.2 Å². The zero-order valence-corrected chi connectivity index (χ0v) is 19.3. The predicted octanol–water partition coefficient (Wildman–Crippen LogP) is 1.14. The van der Waals surface area contributed by atoms with Crippen molar-refractivity contribution >= 4 is 33.3 Å². The number of hydrogen-bond acceptors (Lipinski definition) is 8. The molecule has 0 spiro atoms. The van der Waals surface area contributed by atoms with E-state index < -0.39 is 9.84 Å². The van der Waals surface area contributed by atoms with E-state index >= 15 is 0 Å². The van der Waals surface area contributed by atoms with Gasteiger partial charge < -0.3 is 24.8 Å². The third kappa shape index (κ3) is 4.88. The molecule has 1 aromatic carbocycles. The van der Waals surface area contributed by atoms with Gasteiger partial charge in [-0.1, -0.05) is 18.2 Å². The van der Waals surface area contributed by atoms with Crippen LogP contribution >= 0.6 is 0 Å². The fourth-order valence-electron chi connectivity index (χ4n) is 4.42. The van der Waals surface area contributed by atoms with Gasteiger partial charge in [-0.2, -0.15) is 4.98 Å². The van der Waals surface area contributed by atoms with E-state index in [0.717, 1.165) is 16.9 Å². The molecule has 5 rings (SSSR count). The number of amides is 2. The van der Waals surface area contributed by atoms with Gasteiger partial charge in [0.1, 0.15) is 5.82 Å². The summed E-state index contributed by atoms with van der Waals surface area (Å²) >= 11 is 0. The van der Waals surface area contributed by atoms with Crippen LogP contribution in [0.3, 0.4) is 0 Å². The number of nitrogens with zero attached hydrogens (tertiary/aromatic N) is 5. The van der Waals surface area contributed by atoms with E-state index in [1.165, 1.54) is 0 Å². The number of benzene rings is 1. The number of hydrogen-bond donors (Lipinski definition) is 1. The van der Waals surface area contributed by atoms with Gasteiger partial charge in [-0.25, -0.2) is 18.2 Å². The molecular formula is C22H28N6O4S. The van der Waals surface area contributed by atoms with Crippen LogP contribution in [0.25, 0.3) is 0 Å². The van der Waals surface area contributed by atoms with Crippen molar-refractivity contribution in [3.63, 3.8) is 0 Å². The molecule has 4 heterocycles. The van der Waals surface area contributed by atoms with Gasteiger partial charge in [-0.05, 0) is 12.1 Å². The first-order chi connectivity index (χ1) is 16.0. The molecule has 176 valence electrons. The fraction of sp³-hybridized carbons (Fsp3) is 0.500. The molecule has 3 aliphatic heterocycles. The minimum atomic E-state index is -3.14. The molecular weight excluding hydrogens is 444 g/mol. The van der Waals surface area contributed by atoms with Crippen LogP contribution < -0.4 is 15.1 Å². The Morgan fingerprint density at radius 3 is 2.39 bits per heavy atom. The Morgan fingerprint density at radius 1 is 0.939 bits per heavy atom. The van der Waals surface area contributed by atoms with Gasteiger partial charge in [0.25, 0.3) is 0 Å². The van der Waals surface area contributed by atoms with Gasteiger partial charge in [0.05, 0.1) is 30.4 Å². The first-order valence-electron chi connectivity index (χ1n) is 11.3. The number of morpholine rings is 1. The monoisotopic (exact) mass is 472 g/mol. The van der Waals surface area contributed by atoms with Gasteiger partial charge >= 0.3 is 6.03 Å². The molecule has 33 heavy (non-hydrogen) atoms. The summed E-state index contributed by atoms with van der Waals surface area (Å²) in [6, 6.07) is 9.29. The lowest BCUT2D eigenvalue weighted by molar-refractivity contribution is 0.122. The SMILES string of the molecule is O=C(Nc1ccccc1)N1CCN(c2nc3c(c(N4CCOCC4)n2)CS(=O)(=O)CC3)CC1. The average Bonchev–Trinajstić information content (AvgIpc) is 2.84. The molecule has 0 radical (unpaired) electrons. The maximum absolute atomic E-state index is 12.6. The van der Waals surface area contributed by atoms with Crippen molar-refractivity contribution in [2.75, 3.05) is 73.4 Å². The molecule has 0 bridgehead atoms. The van der Waals surface area contributed by atoms with Gasteiger partial charge in [0.2, 0.25) is 5.95 Å². The standard InChI is InChI=1S/C22H28N6O4S/c29-22(23-17-4-2-1-3-5-17)28-9-7-27(8-10-28)21-24-19-6-15-33(30,31)16-18(19)20(25-21)26-11-13-32-14-12-26/h1-5H,6-16H2,(H,23,29). The van der Waals surface area contributed by atoms with E-state index in [2.05, 4.69) is 15.1 Å². The van der Waals surface area contributed by atoms with Gasteiger partial charge in [-0.3, -0.25) is 0 Å². The van der Waals surface area contributed by atoms with Crippen LogP contribution in [0, 0.1) is 0 Å². The molecule has 11 heteroatoms. The van der Waals surface area contributed by atoms with Crippen LogP contribution in [-0.2, 0) is 26.7 Å². The van der Waals surface area contributed by atoms with E-state index in [1.54, 1.807) is 4.90 Å². The maximum Gasteiger partial charge on any atom is 0.321 e. The first-order valence-corrected chi connectivity index (χ1v) is 13.1. The smallest absolute Gasteiger partial charge is 0.321 e. The minimum Gasteiger partial charge on any atom is -0.378 e. The summed E-state index contributed by atoms with van der Waals surface area (Å²) in [7, 11) is -3.14. The Morgan fingerprint density at radius 2 is 1.67 bits per heavy atom. The van der Waals surface area contributed by atoms with Crippen molar-refractivity contribution < 1.29 is 17.9 Å². The molecule has 3 aliphatic rings. The number of anilines is 3. The van der Waals surface area contributed by atoms with Crippen molar-refractivity contribution in [3.8, 4) is 0 Å². The number of fused-ring (bicyclic) bond motifs is 1. The number of piperazine rings is 1. The van der Waals surface area contributed by atoms with Crippen molar-refractivity contribution in [1.82, 2.24) is 14.9 Å². The third-order valence-electron chi connectivity index (χ3n) is 6.26. The summed E-state index contributed by atoms with van der Waals surface area (Å²) in [6.45, 7) is 4.88. The van der Waals surface area contributed by atoms with Crippen molar-refractivity contribution in [2.24, 2.45) is 0 Å². The van der Waals surface area contributed by atoms with E-state index in [0.29, 0.717) is 70.7 Å². The second-order valence-electron chi connectivity index (χ2n) is 8.48. The molecule has 10 nitrogen and oxygen atoms in total. The lowest BCUT2D eigenvalue weighted by Crippen LogP contribution is -2.50. The summed E-state index contributed by atoms with van der Waals surface area (Å²) in [5, 5.41) is 2.93. The molecule has 1 aromatic heterocycles. The summed E-state index contributed by atoms with van der Waals surface area (Å²) in [4.78, 5) is 28.2.